The van der Waals surface area contributed by atoms with Crippen LogP contribution in [0.25, 0.3) is 16.8 Å². The highest BCUT2D eigenvalue weighted by atomic mass is 32.2. The number of rotatable bonds is 2. The Balaban J connectivity index is 1.67. The molecular weight excluding hydrogens is 334 g/mol. The van der Waals surface area contributed by atoms with Crippen LogP contribution < -0.4 is 0 Å². The Bertz CT molecular complexity index is 831. The second kappa shape index (κ2) is 6.69. The zero-order chi connectivity index (χ0) is 16.5. The fourth-order valence-electron chi connectivity index (χ4n) is 3.65. The van der Waals surface area contributed by atoms with E-state index in [-0.39, 0.29) is 5.91 Å². The first-order valence-electron chi connectivity index (χ1n) is 8.49. The summed E-state index contributed by atoms with van der Waals surface area (Å²) in [6, 6.07) is 14.8. The van der Waals surface area contributed by atoms with Gasteiger partial charge in [0.15, 0.2) is 0 Å². The van der Waals surface area contributed by atoms with Gasteiger partial charge in [0, 0.05) is 6.04 Å². The highest BCUT2D eigenvalue weighted by Gasteiger charge is 2.37. The molecule has 0 unspecified atom stereocenters. The van der Waals surface area contributed by atoms with Crippen LogP contribution in [0.4, 0.5) is 0 Å². The number of hydrogen-bond acceptors (Lipinski definition) is 3. The van der Waals surface area contributed by atoms with Gasteiger partial charge in [-0.3, -0.25) is 9.69 Å². The first-order chi connectivity index (χ1) is 11.7. The highest BCUT2D eigenvalue weighted by molar-refractivity contribution is 8.26. The lowest BCUT2D eigenvalue weighted by Crippen LogP contribution is -2.39. The van der Waals surface area contributed by atoms with Gasteiger partial charge in [-0.05, 0) is 35.3 Å². The molecule has 1 saturated heterocycles. The fourth-order valence-corrected chi connectivity index (χ4v) is 5.04. The van der Waals surface area contributed by atoms with Crippen molar-refractivity contribution in [1.29, 1.82) is 0 Å². The van der Waals surface area contributed by atoms with Gasteiger partial charge in [-0.25, -0.2) is 0 Å². The first kappa shape index (κ1) is 15.9. The zero-order valence-electron chi connectivity index (χ0n) is 13.4. The molecule has 1 amide bonds. The third-order valence-electron chi connectivity index (χ3n) is 4.87. The Hall–Kier alpha value is -1.65. The van der Waals surface area contributed by atoms with Gasteiger partial charge in [-0.15, -0.1) is 0 Å². The van der Waals surface area contributed by atoms with Crippen molar-refractivity contribution in [1.82, 2.24) is 4.90 Å². The lowest BCUT2D eigenvalue weighted by Gasteiger charge is -2.29. The second-order valence-corrected chi connectivity index (χ2v) is 8.09. The predicted molar refractivity (Wildman–Crippen MR) is 106 cm³/mol. The summed E-state index contributed by atoms with van der Waals surface area (Å²) in [5, 5.41) is 2.36. The quantitative estimate of drug-likeness (QED) is 0.534. The maximum absolute atomic E-state index is 12.9. The van der Waals surface area contributed by atoms with Crippen LogP contribution in [-0.4, -0.2) is 21.2 Å². The van der Waals surface area contributed by atoms with Crippen molar-refractivity contribution in [3.63, 3.8) is 0 Å². The van der Waals surface area contributed by atoms with Crippen LogP contribution in [-0.2, 0) is 4.79 Å². The third-order valence-corrected chi connectivity index (χ3v) is 6.20. The molecule has 1 heterocycles. The van der Waals surface area contributed by atoms with Gasteiger partial charge in [0.05, 0.1) is 4.91 Å². The molecule has 0 aromatic heterocycles. The van der Waals surface area contributed by atoms with Crippen LogP contribution in [0.2, 0.25) is 0 Å². The molecular formula is C20H19NOS2. The smallest absolute Gasteiger partial charge is 0.266 e. The number of nitrogens with zero attached hydrogens (tertiary/aromatic N) is 1. The van der Waals surface area contributed by atoms with Gasteiger partial charge < -0.3 is 0 Å². The molecule has 4 rings (SSSR count). The summed E-state index contributed by atoms with van der Waals surface area (Å²) in [7, 11) is 0. The molecule has 2 aromatic carbocycles. The minimum Gasteiger partial charge on any atom is -0.290 e. The summed E-state index contributed by atoms with van der Waals surface area (Å²) in [5.74, 6) is 0.0878. The predicted octanol–water partition coefficient (Wildman–Crippen LogP) is 5.37. The molecule has 0 bridgehead atoms. The van der Waals surface area contributed by atoms with Crippen molar-refractivity contribution in [3.8, 4) is 0 Å². The van der Waals surface area contributed by atoms with Crippen LogP contribution in [0.1, 0.15) is 37.7 Å². The van der Waals surface area contributed by atoms with E-state index in [0.29, 0.717) is 6.04 Å². The molecule has 1 aliphatic carbocycles. The van der Waals surface area contributed by atoms with E-state index in [1.54, 1.807) is 0 Å². The summed E-state index contributed by atoms with van der Waals surface area (Å²) >= 11 is 6.96. The lowest BCUT2D eigenvalue weighted by atomic mass is 9.94. The molecule has 24 heavy (non-hydrogen) atoms. The molecule has 2 aromatic rings. The van der Waals surface area contributed by atoms with Crippen LogP contribution >= 0.6 is 24.0 Å². The number of benzene rings is 2. The van der Waals surface area contributed by atoms with Crippen LogP contribution in [0, 0.1) is 0 Å². The number of fused-ring (bicyclic) bond motifs is 1. The maximum Gasteiger partial charge on any atom is 0.266 e. The molecule has 0 radical (unpaired) electrons. The molecule has 2 nitrogen and oxygen atoms in total. The van der Waals surface area contributed by atoms with Gasteiger partial charge >= 0.3 is 0 Å². The Morgan fingerprint density at radius 1 is 1.04 bits per heavy atom. The van der Waals surface area contributed by atoms with Crippen molar-refractivity contribution in [2.24, 2.45) is 0 Å². The minimum atomic E-state index is 0.0878. The van der Waals surface area contributed by atoms with E-state index in [1.807, 2.05) is 29.2 Å². The van der Waals surface area contributed by atoms with Crippen molar-refractivity contribution in [2.45, 2.75) is 38.1 Å². The number of carbonyl (C=O) groups excluding carboxylic acids is 1. The average molecular weight is 354 g/mol. The van der Waals surface area contributed by atoms with E-state index >= 15 is 0 Å². The number of hydrogen-bond donors (Lipinski definition) is 0. The molecule has 2 fully saturated rings. The summed E-state index contributed by atoms with van der Waals surface area (Å²) in [6.07, 6.45) is 7.83. The van der Waals surface area contributed by atoms with E-state index < -0.39 is 0 Å². The lowest BCUT2D eigenvalue weighted by molar-refractivity contribution is -0.124. The van der Waals surface area contributed by atoms with E-state index in [1.165, 1.54) is 41.8 Å². The normalized spacial score (nSPS) is 21.2. The average Bonchev–Trinajstić information content (AvgIpc) is 2.90. The fraction of sp³-hybridized carbons (Fsp3) is 0.300. The topological polar surface area (TPSA) is 20.3 Å². The number of thioether (sulfide) groups is 1. The van der Waals surface area contributed by atoms with Crippen molar-refractivity contribution in [3.05, 3.63) is 52.9 Å². The standard InChI is InChI=1S/C20H19NOS2/c22-19-18(24-20(23)21(19)16-10-2-1-3-11-16)13-15-9-6-8-14-7-4-5-12-17(14)15/h4-9,12-13,16H,1-3,10-11H2/b18-13+. The Kier molecular flexibility index (Phi) is 4.42. The van der Waals surface area contributed by atoms with Crippen molar-refractivity contribution >= 4 is 51.1 Å². The summed E-state index contributed by atoms with van der Waals surface area (Å²) in [4.78, 5) is 15.5. The summed E-state index contributed by atoms with van der Waals surface area (Å²) < 4.78 is 0.721. The monoisotopic (exact) mass is 353 g/mol. The van der Waals surface area contributed by atoms with E-state index in [2.05, 4.69) is 24.3 Å². The van der Waals surface area contributed by atoms with Crippen LogP contribution in [0.5, 0.6) is 0 Å². The van der Waals surface area contributed by atoms with Crippen molar-refractivity contribution < 1.29 is 4.79 Å². The summed E-state index contributed by atoms with van der Waals surface area (Å²) in [6.45, 7) is 0. The van der Waals surface area contributed by atoms with Gasteiger partial charge in [-0.2, -0.15) is 0 Å². The number of amides is 1. The number of thiocarbonyl (C=S) groups is 1. The third kappa shape index (κ3) is 2.89. The molecule has 2 aliphatic rings. The SMILES string of the molecule is O=C1/C(=C\c2cccc3ccccc23)SC(=S)N1C1CCCCC1. The molecule has 0 atom stereocenters. The second-order valence-electron chi connectivity index (χ2n) is 6.41. The van der Waals surface area contributed by atoms with Gasteiger partial charge in [0.1, 0.15) is 4.32 Å². The Morgan fingerprint density at radius 2 is 1.79 bits per heavy atom. The first-order valence-corrected chi connectivity index (χ1v) is 9.71. The Labute approximate surface area is 151 Å². The molecule has 0 spiro atoms. The van der Waals surface area contributed by atoms with E-state index in [0.717, 1.165) is 27.6 Å². The molecule has 0 N–H and O–H groups in total. The minimum absolute atomic E-state index is 0.0878. The largest absolute Gasteiger partial charge is 0.290 e. The van der Waals surface area contributed by atoms with Gasteiger partial charge in [-0.1, -0.05) is 85.7 Å². The van der Waals surface area contributed by atoms with Gasteiger partial charge in [0.25, 0.3) is 5.91 Å². The van der Waals surface area contributed by atoms with Crippen LogP contribution in [0.3, 0.4) is 0 Å². The maximum atomic E-state index is 12.9. The molecule has 4 heteroatoms. The summed E-state index contributed by atoms with van der Waals surface area (Å²) in [5.41, 5.74) is 1.08. The zero-order valence-corrected chi connectivity index (χ0v) is 15.0. The number of carbonyl (C=O) groups is 1. The van der Waals surface area contributed by atoms with E-state index in [9.17, 15) is 4.79 Å². The van der Waals surface area contributed by atoms with Crippen molar-refractivity contribution in [2.75, 3.05) is 0 Å². The molecule has 1 saturated carbocycles. The van der Waals surface area contributed by atoms with Gasteiger partial charge in [0.2, 0.25) is 0 Å². The van der Waals surface area contributed by atoms with E-state index in [4.69, 9.17) is 12.2 Å². The Morgan fingerprint density at radius 3 is 2.62 bits per heavy atom. The molecule has 122 valence electrons. The highest BCUT2D eigenvalue weighted by Crippen LogP contribution is 2.37. The van der Waals surface area contributed by atoms with Crippen LogP contribution in [0.15, 0.2) is 47.4 Å². The molecule has 1 aliphatic heterocycles.